The minimum Gasteiger partial charge on any atom is -0.493 e. The third kappa shape index (κ3) is 3.29. The minimum absolute atomic E-state index is 0.000105. The highest BCUT2D eigenvalue weighted by molar-refractivity contribution is 7.15. The van der Waals surface area contributed by atoms with Crippen molar-refractivity contribution < 1.29 is 18.7 Å². The van der Waals surface area contributed by atoms with E-state index in [-0.39, 0.29) is 16.8 Å². The summed E-state index contributed by atoms with van der Waals surface area (Å²) < 4.78 is 16.8. The lowest BCUT2D eigenvalue weighted by Crippen LogP contribution is -2.29. The molecule has 1 aliphatic heterocycles. The number of nitrogens with zero attached hydrogens (tertiary/aromatic N) is 2. The number of halogens is 1. The summed E-state index contributed by atoms with van der Waals surface area (Å²) in [7, 11) is 3.08. The first-order valence-electron chi connectivity index (χ1n) is 10.1. The van der Waals surface area contributed by atoms with Gasteiger partial charge in [-0.15, -0.1) is 11.3 Å². The number of aryl methyl sites for hydroxylation is 2. The van der Waals surface area contributed by atoms with Gasteiger partial charge in [-0.1, -0.05) is 17.7 Å². The SMILES string of the molecule is COc1ccc(C2c3c(oc4ccc(Cl)cc4c3=O)C(=O)N2c2nc(C)c(C)s2)cc1OC. The van der Waals surface area contributed by atoms with Crippen LogP contribution in [0.25, 0.3) is 11.0 Å². The molecule has 7 nitrogen and oxygen atoms in total. The number of thiazole rings is 1. The Morgan fingerprint density at radius 2 is 1.82 bits per heavy atom. The van der Waals surface area contributed by atoms with Crippen LogP contribution in [-0.2, 0) is 0 Å². The monoisotopic (exact) mass is 482 g/mol. The van der Waals surface area contributed by atoms with Gasteiger partial charge in [0.05, 0.1) is 36.9 Å². The number of methoxy groups -OCH3 is 2. The lowest BCUT2D eigenvalue weighted by atomic mass is 9.98. The van der Waals surface area contributed by atoms with Gasteiger partial charge in [0, 0.05) is 9.90 Å². The summed E-state index contributed by atoms with van der Waals surface area (Å²) in [6, 6.07) is 9.32. The average molecular weight is 483 g/mol. The van der Waals surface area contributed by atoms with E-state index in [1.807, 2.05) is 13.8 Å². The van der Waals surface area contributed by atoms with Crippen LogP contribution in [0, 0.1) is 13.8 Å². The molecule has 0 radical (unpaired) electrons. The molecule has 0 spiro atoms. The molecule has 5 rings (SSSR count). The predicted molar refractivity (Wildman–Crippen MR) is 127 cm³/mol. The van der Waals surface area contributed by atoms with Crippen molar-refractivity contribution in [3.63, 3.8) is 0 Å². The Balaban J connectivity index is 1.82. The summed E-state index contributed by atoms with van der Waals surface area (Å²) in [5.41, 5.74) is 1.72. The Kier molecular flexibility index (Phi) is 5.14. The zero-order chi connectivity index (χ0) is 23.4. The molecule has 0 saturated carbocycles. The largest absolute Gasteiger partial charge is 0.493 e. The topological polar surface area (TPSA) is 81.9 Å². The molecule has 33 heavy (non-hydrogen) atoms. The average Bonchev–Trinajstić information content (AvgIpc) is 3.29. The van der Waals surface area contributed by atoms with Crippen molar-refractivity contribution in [2.45, 2.75) is 19.9 Å². The van der Waals surface area contributed by atoms with Gasteiger partial charge in [-0.05, 0) is 49.7 Å². The normalized spacial score (nSPS) is 15.2. The molecule has 1 unspecified atom stereocenters. The molecule has 2 aromatic heterocycles. The first-order valence-corrected chi connectivity index (χ1v) is 11.3. The van der Waals surface area contributed by atoms with E-state index in [0.717, 1.165) is 10.6 Å². The van der Waals surface area contributed by atoms with Crippen LogP contribution >= 0.6 is 22.9 Å². The number of anilines is 1. The van der Waals surface area contributed by atoms with Gasteiger partial charge in [-0.3, -0.25) is 14.5 Å². The van der Waals surface area contributed by atoms with E-state index in [9.17, 15) is 9.59 Å². The summed E-state index contributed by atoms with van der Waals surface area (Å²) in [5, 5.41) is 1.21. The zero-order valence-electron chi connectivity index (χ0n) is 18.3. The third-order valence-electron chi connectivity index (χ3n) is 5.78. The Labute approximate surface area is 198 Å². The number of fused-ring (bicyclic) bond motifs is 2. The highest BCUT2D eigenvalue weighted by Crippen LogP contribution is 2.44. The van der Waals surface area contributed by atoms with Gasteiger partial charge in [-0.25, -0.2) is 4.98 Å². The minimum atomic E-state index is -0.753. The highest BCUT2D eigenvalue weighted by Gasteiger charge is 2.45. The van der Waals surface area contributed by atoms with Crippen molar-refractivity contribution in [3.05, 3.63) is 79.1 Å². The quantitative estimate of drug-likeness (QED) is 0.393. The Hall–Kier alpha value is -3.36. The number of carbonyl (C=O) groups is 1. The molecule has 0 fully saturated rings. The summed E-state index contributed by atoms with van der Waals surface area (Å²) >= 11 is 7.53. The number of ether oxygens (including phenoxy) is 2. The molecule has 0 saturated heterocycles. The molecule has 0 aliphatic carbocycles. The van der Waals surface area contributed by atoms with Gasteiger partial charge < -0.3 is 13.9 Å². The number of hydrogen-bond donors (Lipinski definition) is 0. The first kappa shape index (κ1) is 21.5. The van der Waals surface area contributed by atoms with E-state index in [1.165, 1.54) is 23.3 Å². The molecule has 4 aromatic rings. The number of aromatic nitrogens is 1. The van der Waals surface area contributed by atoms with E-state index in [1.54, 1.807) is 43.5 Å². The summed E-state index contributed by atoms with van der Waals surface area (Å²) in [4.78, 5) is 34.4. The predicted octanol–water partition coefficient (Wildman–Crippen LogP) is 5.29. The summed E-state index contributed by atoms with van der Waals surface area (Å²) in [5.74, 6) is 0.596. The Morgan fingerprint density at radius 1 is 1.06 bits per heavy atom. The van der Waals surface area contributed by atoms with Crippen LogP contribution < -0.4 is 19.8 Å². The standard InChI is InChI=1S/C24H19ClN2O5S/c1-11-12(2)33-24(26-11)27-20(13-5-7-17(30-3)18(9-13)31-4)19-21(28)15-10-14(25)6-8-16(15)32-22(19)23(27)29/h5-10,20H,1-4H3. The molecule has 2 aromatic carbocycles. The van der Waals surface area contributed by atoms with Crippen LogP contribution in [0.5, 0.6) is 11.5 Å². The molecular formula is C24H19ClN2O5S. The van der Waals surface area contributed by atoms with Crippen LogP contribution in [0.2, 0.25) is 5.02 Å². The summed E-state index contributed by atoms with van der Waals surface area (Å²) in [6.07, 6.45) is 0. The van der Waals surface area contributed by atoms with Crippen molar-refractivity contribution in [1.29, 1.82) is 0 Å². The van der Waals surface area contributed by atoms with Crippen LogP contribution in [0.4, 0.5) is 5.13 Å². The van der Waals surface area contributed by atoms with Crippen molar-refractivity contribution in [2.75, 3.05) is 19.1 Å². The van der Waals surface area contributed by atoms with Gasteiger partial charge in [0.15, 0.2) is 22.1 Å². The van der Waals surface area contributed by atoms with Gasteiger partial charge in [0.2, 0.25) is 5.76 Å². The van der Waals surface area contributed by atoms with Crippen LogP contribution in [0.1, 0.15) is 38.3 Å². The second-order valence-corrected chi connectivity index (χ2v) is 9.26. The fourth-order valence-corrected chi connectivity index (χ4v) is 5.15. The van der Waals surface area contributed by atoms with Crippen molar-refractivity contribution in [3.8, 4) is 11.5 Å². The van der Waals surface area contributed by atoms with E-state index in [4.69, 9.17) is 25.5 Å². The van der Waals surface area contributed by atoms with Crippen LogP contribution in [0.15, 0.2) is 45.6 Å². The smallest absolute Gasteiger partial charge is 0.297 e. The molecule has 1 amide bonds. The van der Waals surface area contributed by atoms with Crippen molar-refractivity contribution >= 4 is 44.9 Å². The maximum atomic E-state index is 13.7. The fraction of sp³-hybridized carbons (Fsp3) is 0.208. The number of amides is 1. The first-order chi connectivity index (χ1) is 15.8. The van der Waals surface area contributed by atoms with Crippen molar-refractivity contribution in [2.24, 2.45) is 0 Å². The van der Waals surface area contributed by atoms with Gasteiger partial charge in [-0.2, -0.15) is 0 Å². The number of carbonyl (C=O) groups excluding carboxylic acids is 1. The molecule has 0 bridgehead atoms. The number of hydrogen-bond acceptors (Lipinski definition) is 7. The highest BCUT2D eigenvalue weighted by atomic mass is 35.5. The molecule has 3 heterocycles. The van der Waals surface area contributed by atoms with E-state index >= 15 is 0 Å². The molecule has 1 atom stereocenters. The number of rotatable bonds is 4. The molecule has 0 N–H and O–H groups in total. The molecule has 1 aliphatic rings. The molecule has 168 valence electrons. The van der Waals surface area contributed by atoms with E-state index < -0.39 is 11.9 Å². The van der Waals surface area contributed by atoms with Gasteiger partial charge in [0.1, 0.15) is 5.58 Å². The number of benzene rings is 2. The Bertz CT molecular complexity index is 1470. The maximum Gasteiger partial charge on any atom is 0.297 e. The van der Waals surface area contributed by atoms with Crippen LogP contribution in [-0.4, -0.2) is 25.1 Å². The van der Waals surface area contributed by atoms with E-state index in [0.29, 0.717) is 38.2 Å². The second-order valence-electron chi connectivity index (χ2n) is 7.64. The van der Waals surface area contributed by atoms with Crippen molar-refractivity contribution in [1.82, 2.24) is 4.98 Å². The van der Waals surface area contributed by atoms with Gasteiger partial charge in [0.25, 0.3) is 5.91 Å². The summed E-state index contributed by atoms with van der Waals surface area (Å²) in [6.45, 7) is 3.82. The zero-order valence-corrected chi connectivity index (χ0v) is 19.8. The lowest BCUT2D eigenvalue weighted by molar-refractivity contribution is 0.0971. The molecular weight excluding hydrogens is 464 g/mol. The van der Waals surface area contributed by atoms with E-state index in [2.05, 4.69) is 4.98 Å². The van der Waals surface area contributed by atoms with Gasteiger partial charge >= 0.3 is 0 Å². The lowest BCUT2D eigenvalue weighted by Gasteiger charge is -2.23. The maximum absolute atomic E-state index is 13.7. The fourth-order valence-electron chi connectivity index (χ4n) is 4.04. The Morgan fingerprint density at radius 3 is 2.48 bits per heavy atom. The second kappa shape index (κ2) is 7.90. The van der Waals surface area contributed by atoms with Crippen LogP contribution in [0.3, 0.4) is 0 Å². The third-order valence-corrected chi connectivity index (χ3v) is 7.09. The molecule has 9 heteroatoms.